The zero-order valence-electron chi connectivity index (χ0n) is 68.1. The number of nitrogens with one attached hydrogen (secondary N) is 6. The van der Waals surface area contributed by atoms with Crippen molar-refractivity contribution in [3.05, 3.63) is 254 Å². The number of aryl methyl sites for hydroxylation is 14. The molecule has 0 saturated carbocycles. The maximum atomic E-state index is 13.3. The third-order valence-electron chi connectivity index (χ3n) is 16.7. The van der Waals surface area contributed by atoms with E-state index < -0.39 is 15.7 Å². The van der Waals surface area contributed by atoms with Crippen molar-refractivity contribution < 1.29 is 31.8 Å². The van der Waals surface area contributed by atoms with Gasteiger partial charge in [0.2, 0.25) is 0 Å². The van der Waals surface area contributed by atoms with E-state index in [-0.39, 0.29) is 16.9 Å². The topological polar surface area (TPSA) is 298 Å². The fraction of sp³-hybridized carbons (Fsp3) is 0.294. The molecule has 6 N–H and O–H groups in total. The van der Waals surface area contributed by atoms with Crippen LogP contribution >= 0.6 is 11.6 Å². The van der Waals surface area contributed by atoms with Gasteiger partial charge in [0.25, 0.3) is 0 Å². The summed E-state index contributed by atoms with van der Waals surface area (Å²) < 4.78 is 59.4. The number of aromatic nitrogens is 12. The van der Waals surface area contributed by atoms with Crippen LogP contribution in [0.4, 0.5) is 73.4 Å². The Morgan fingerprint density at radius 2 is 0.786 bits per heavy atom. The van der Waals surface area contributed by atoms with Crippen molar-refractivity contribution in [1.29, 1.82) is 0 Å². The molecule has 0 atom stereocenters. The van der Waals surface area contributed by atoms with Crippen LogP contribution in [0.25, 0.3) is 0 Å². The van der Waals surface area contributed by atoms with Crippen molar-refractivity contribution in [2.24, 2.45) is 5.41 Å². The van der Waals surface area contributed by atoms with Gasteiger partial charge in [0, 0.05) is 134 Å². The SMILES string of the molecule is COc1cc(Nc2nc(C)ncc2C)cc(OC)c1.COc1cc(Nc2nc(C)ncc2C)ccc1F.COc1cccc(Nc2ccnc(C)n2)c1C.Cc1ncc(C)c(Nc2ccc(C)c(S(=O)(=O)CC(C)(C)C)c2)n1.Cc1ncc(C)c(Nc2ccc(Cl)c(C)c2)n1.Cc1ncc(C)c(Nc2cccc(C)c2C)n1. The van der Waals surface area contributed by atoms with Crippen molar-refractivity contribution in [3.8, 4) is 23.0 Å². The quantitative estimate of drug-likeness (QED) is 0.0465. The molecule has 0 aliphatic carbocycles. The maximum Gasteiger partial charge on any atom is 0.179 e. The number of hydrogen-bond donors (Lipinski definition) is 6. The first kappa shape index (κ1) is 87.2. The van der Waals surface area contributed by atoms with Crippen LogP contribution in [0.3, 0.4) is 0 Å². The van der Waals surface area contributed by atoms with Crippen LogP contribution in [-0.2, 0) is 9.84 Å². The van der Waals surface area contributed by atoms with Gasteiger partial charge in [-0.3, -0.25) is 0 Å². The molecule has 588 valence electrons. The molecule has 0 amide bonds. The van der Waals surface area contributed by atoms with Gasteiger partial charge < -0.3 is 50.8 Å². The Morgan fingerprint density at radius 1 is 0.375 bits per heavy atom. The minimum absolute atomic E-state index is 0.107. The molecule has 0 aliphatic rings. The standard InChI is InChI=1S/C18H25N3O2S.C14H17N3O2.C14H17N3.C13H14ClN3.C13H14FN3O.C13H15N3O/c1-12-7-8-15(21-17-13(2)10-19-14(3)20-17)9-16(12)24(22,23)11-18(4,5)6;1-9-8-15-10(2)16-14(9)17-11-5-12(18-3)7-13(6-11)19-4;1-9-6-5-7-13(11(9)3)17-14-10(2)8-15-12(4)16-14;1-8-6-11(4-5-12(8)14)17-13-9(2)7-15-10(3)16-13;1-8-7-15-9(2)16-13(8)17-10-4-5-11(14)12(6-10)18-3;1-9-11(5-4-6-12(9)17-3)16-13-7-8-14-10(2)15-13/h7-10H,11H2,1-6H3,(H,19,20,21);5-8H,1-4H3,(H,15,16,17);5-8H,1-4H3,(H,15,16,17);4-7H,1-3H3,(H,15,16,17);4-7H,1-3H3,(H,15,16,17);4-8H,1-3H3,(H,14,15,16). The minimum Gasteiger partial charge on any atom is -0.497 e. The molecule has 0 aliphatic heterocycles. The Morgan fingerprint density at radius 3 is 1.23 bits per heavy atom. The molecular formula is C85H102ClFN18O6S. The highest BCUT2D eigenvalue weighted by Gasteiger charge is 2.26. The van der Waals surface area contributed by atoms with Gasteiger partial charge in [0.15, 0.2) is 21.4 Å². The summed E-state index contributed by atoms with van der Waals surface area (Å²) in [4.78, 5) is 51.2. The molecule has 6 heterocycles. The number of sulfone groups is 1. The van der Waals surface area contributed by atoms with Crippen LogP contribution in [0.15, 0.2) is 157 Å². The molecule has 12 rings (SSSR count). The Labute approximate surface area is 663 Å². The number of nitrogens with zero attached hydrogens (tertiary/aromatic N) is 12. The largest absolute Gasteiger partial charge is 0.497 e. The summed E-state index contributed by atoms with van der Waals surface area (Å²) in [6.07, 6.45) is 10.7. The smallest absolute Gasteiger partial charge is 0.179 e. The average Bonchev–Trinajstić information content (AvgIpc) is 0.793. The van der Waals surface area contributed by atoms with Crippen LogP contribution in [-0.4, -0.2) is 102 Å². The van der Waals surface area contributed by atoms with E-state index in [4.69, 9.17) is 30.5 Å². The highest BCUT2D eigenvalue weighted by Crippen LogP contribution is 2.33. The minimum atomic E-state index is -3.35. The molecule has 24 nitrogen and oxygen atoms in total. The van der Waals surface area contributed by atoms with Gasteiger partial charge in [-0.25, -0.2) is 72.6 Å². The summed E-state index contributed by atoms with van der Waals surface area (Å²) >= 11 is 5.99. The van der Waals surface area contributed by atoms with Gasteiger partial charge in [0.05, 0.1) is 39.1 Å². The summed E-state index contributed by atoms with van der Waals surface area (Å²) in [6, 6.07) is 35.3. The van der Waals surface area contributed by atoms with E-state index in [1.54, 1.807) is 64.3 Å². The van der Waals surface area contributed by atoms with Crippen LogP contribution in [0, 0.1) is 122 Å². The van der Waals surface area contributed by atoms with Crippen LogP contribution < -0.4 is 50.8 Å². The lowest BCUT2D eigenvalue weighted by molar-refractivity contribution is 0.387. The Kier molecular flexibility index (Phi) is 31.6. The number of hydrogen-bond acceptors (Lipinski definition) is 24. The van der Waals surface area contributed by atoms with Crippen LogP contribution in [0.2, 0.25) is 5.02 Å². The Hall–Kier alpha value is -12.0. The first-order valence-electron chi connectivity index (χ1n) is 35.8. The number of ether oxygens (including phenoxy) is 4. The summed E-state index contributed by atoms with van der Waals surface area (Å²) in [5.74, 6) is 11.2. The highest BCUT2D eigenvalue weighted by atomic mass is 35.5. The van der Waals surface area contributed by atoms with E-state index in [2.05, 4.69) is 118 Å². The van der Waals surface area contributed by atoms with Crippen LogP contribution in [0.5, 0.6) is 23.0 Å². The van der Waals surface area contributed by atoms with Gasteiger partial charge in [-0.2, -0.15) is 0 Å². The number of halogens is 2. The lowest BCUT2D eigenvalue weighted by Gasteiger charge is -2.19. The third-order valence-corrected chi connectivity index (χ3v) is 19.5. The number of anilines is 12. The number of rotatable bonds is 18. The maximum absolute atomic E-state index is 13.3. The number of methoxy groups -OCH3 is 4. The fourth-order valence-corrected chi connectivity index (χ4v) is 12.8. The van der Waals surface area contributed by atoms with E-state index in [0.717, 1.165) is 142 Å². The molecule has 6 aromatic heterocycles. The van der Waals surface area contributed by atoms with Crippen molar-refractivity contribution in [2.75, 3.05) is 66.1 Å². The highest BCUT2D eigenvalue weighted by molar-refractivity contribution is 7.91. The van der Waals surface area contributed by atoms with Crippen molar-refractivity contribution in [2.45, 2.75) is 136 Å². The Bertz CT molecular complexity index is 5300. The van der Waals surface area contributed by atoms with E-state index >= 15 is 0 Å². The molecule has 0 radical (unpaired) electrons. The van der Waals surface area contributed by atoms with Crippen molar-refractivity contribution in [3.63, 3.8) is 0 Å². The molecule has 0 saturated heterocycles. The summed E-state index contributed by atoms with van der Waals surface area (Å²) in [7, 11) is 2.99. The molecule has 12 aromatic rings. The molecule has 0 fully saturated rings. The summed E-state index contributed by atoms with van der Waals surface area (Å²) in [5, 5.41) is 20.2. The zero-order valence-corrected chi connectivity index (χ0v) is 69.7. The second kappa shape index (κ2) is 40.6. The molecule has 112 heavy (non-hydrogen) atoms. The predicted molar refractivity (Wildman–Crippen MR) is 449 cm³/mol. The predicted octanol–water partition coefficient (Wildman–Crippen LogP) is 19.9. The normalized spacial score (nSPS) is 10.7. The molecular weight excluding hydrogens is 1460 g/mol. The van der Waals surface area contributed by atoms with Gasteiger partial charge in [-0.05, 0) is 205 Å². The average molecular weight is 1560 g/mol. The Balaban J connectivity index is 0.000000187. The summed E-state index contributed by atoms with van der Waals surface area (Å²) in [6.45, 7) is 36.7. The van der Waals surface area contributed by atoms with Crippen molar-refractivity contribution in [1.82, 2.24) is 59.8 Å². The molecule has 0 unspecified atom stereocenters. The van der Waals surface area contributed by atoms with Gasteiger partial charge in [-0.15, -0.1) is 0 Å². The molecule has 0 bridgehead atoms. The lowest BCUT2D eigenvalue weighted by atomic mass is 10.0. The molecule has 0 spiro atoms. The second-order valence-electron chi connectivity index (χ2n) is 27.6. The summed E-state index contributed by atoms with van der Waals surface area (Å²) in [5.41, 5.74) is 15.3. The molecule has 27 heteroatoms. The second-order valence-corrected chi connectivity index (χ2v) is 29.9. The lowest BCUT2D eigenvalue weighted by Crippen LogP contribution is -2.21. The van der Waals surface area contributed by atoms with Crippen molar-refractivity contribution >= 4 is 90.5 Å². The third kappa shape index (κ3) is 26.6. The van der Waals surface area contributed by atoms with E-state index in [1.165, 1.54) is 24.3 Å². The first-order valence-corrected chi connectivity index (χ1v) is 37.9. The number of benzene rings is 6. The van der Waals surface area contributed by atoms with E-state index in [9.17, 15) is 12.8 Å². The van der Waals surface area contributed by atoms with Gasteiger partial charge in [0.1, 0.15) is 87.1 Å². The monoisotopic (exact) mass is 1560 g/mol. The zero-order chi connectivity index (χ0) is 82.1. The fourth-order valence-electron chi connectivity index (χ4n) is 10.5. The van der Waals surface area contributed by atoms with Gasteiger partial charge in [-0.1, -0.05) is 56.6 Å². The van der Waals surface area contributed by atoms with Crippen LogP contribution in [0.1, 0.15) is 111 Å². The molecule has 6 aromatic carbocycles. The van der Waals surface area contributed by atoms with E-state index in [0.29, 0.717) is 33.9 Å². The van der Waals surface area contributed by atoms with Gasteiger partial charge >= 0.3 is 0 Å². The van der Waals surface area contributed by atoms with E-state index in [1.807, 2.05) is 209 Å². The first-order chi connectivity index (χ1) is 53.0.